The van der Waals surface area contributed by atoms with Crippen LogP contribution < -0.4 is 0 Å². The summed E-state index contributed by atoms with van der Waals surface area (Å²) >= 11 is 11.6. The highest BCUT2D eigenvalue weighted by atomic mass is 35.5. The van der Waals surface area contributed by atoms with Crippen LogP contribution >= 0.6 is 23.2 Å². The Morgan fingerprint density at radius 1 is 1.27 bits per heavy atom. The van der Waals surface area contributed by atoms with Crippen molar-refractivity contribution in [2.45, 2.75) is 13.8 Å². The number of ketones is 1. The molecule has 0 atom stereocenters. The van der Waals surface area contributed by atoms with E-state index in [2.05, 4.69) is 6.58 Å². The predicted molar refractivity (Wildman–Crippen MR) is 64.8 cm³/mol. The summed E-state index contributed by atoms with van der Waals surface area (Å²) in [4.78, 5) is 12.0. The first kappa shape index (κ1) is 12.3. The summed E-state index contributed by atoms with van der Waals surface area (Å²) in [5, 5.41) is 0.927. The minimum atomic E-state index is -0.603. The highest BCUT2D eigenvalue weighted by Gasteiger charge is 2.25. The molecule has 0 bridgehead atoms. The van der Waals surface area contributed by atoms with E-state index in [0.29, 0.717) is 15.6 Å². The van der Waals surface area contributed by atoms with Crippen molar-refractivity contribution in [3.63, 3.8) is 0 Å². The monoisotopic (exact) mass is 242 g/mol. The number of hydrogen-bond donors (Lipinski definition) is 0. The molecule has 0 unspecified atom stereocenters. The largest absolute Gasteiger partial charge is 0.293 e. The van der Waals surface area contributed by atoms with Crippen LogP contribution in [0.2, 0.25) is 10.0 Å². The Morgan fingerprint density at radius 2 is 1.73 bits per heavy atom. The van der Waals surface area contributed by atoms with Gasteiger partial charge in [0.05, 0.1) is 0 Å². The van der Waals surface area contributed by atoms with Crippen LogP contribution in [0.4, 0.5) is 0 Å². The van der Waals surface area contributed by atoms with Gasteiger partial charge in [0, 0.05) is 21.0 Å². The van der Waals surface area contributed by atoms with Crippen LogP contribution in [0.1, 0.15) is 24.2 Å². The smallest absolute Gasteiger partial charge is 0.172 e. The Morgan fingerprint density at radius 3 is 2.13 bits per heavy atom. The van der Waals surface area contributed by atoms with Gasteiger partial charge in [-0.2, -0.15) is 0 Å². The summed E-state index contributed by atoms with van der Waals surface area (Å²) in [6.07, 6.45) is 1.62. The van der Waals surface area contributed by atoms with Gasteiger partial charge >= 0.3 is 0 Å². The maximum absolute atomic E-state index is 12.0. The molecule has 1 nitrogen and oxygen atoms in total. The Bertz CT molecular complexity index is 388. The molecule has 0 aliphatic carbocycles. The molecule has 0 saturated carbocycles. The van der Waals surface area contributed by atoms with Gasteiger partial charge < -0.3 is 0 Å². The molecule has 0 saturated heterocycles. The molecule has 1 rings (SSSR count). The molecular formula is C12H12Cl2O. The summed E-state index contributed by atoms with van der Waals surface area (Å²) in [5.41, 5.74) is -0.0917. The molecule has 0 radical (unpaired) electrons. The first-order valence-corrected chi connectivity index (χ1v) is 5.27. The molecular weight excluding hydrogens is 231 g/mol. The number of hydrogen-bond acceptors (Lipinski definition) is 1. The minimum absolute atomic E-state index is 0.0399. The number of halogens is 2. The molecule has 0 amide bonds. The van der Waals surface area contributed by atoms with Gasteiger partial charge in [0.2, 0.25) is 0 Å². The molecule has 1 aromatic carbocycles. The molecule has 0 aromatic heterocycles. The molecule has 0 heterocycles. The second kappa shape index (κ2) is 4.38. The maximum atomic E-state index is 12.0. The van der Waals surface area contributed by atoms with Gasteiger partial charge in [-0.05, 0) is 32.0 Å². The number of benzene rings is 1. The standard InChI is InChI=1S/C12H12Cl2O/c1-4-12(2,3)11(15)8-5-9(13)7-10(14)6-8/h4-7H,1H2,2-3H3. The quantitative estimate of drug-likeness (QED) is 0.568. The molecule has 0 N–H and O–H groups in total. The summed E-state index contributed by atoms with van der Waals surface area (Å²) in [7, 11) is 0. The highest BCUT2D eigenvalue weighted by molar-refractivity contribution is 6.35. The van der Waals surface area contributed by atoms with E-state index in [1.807, 2.05) is 0 Å². The van der Waals surface area contributed by atoms with Gasteiger partial charge in [-0.1, -0.05) is 29.3 Å². The lowest BCUT2D eigenvalue weighted by Crippen LogP contribution is -2.21. The topological polar surface area (TPSA) is 17.1 Å². The van der Waals surface area contributed by atoms with Crippen LogP contribution in [-0.2, 0) is 0 Å². The summed E-state index contributed by atoms with van der Waals surface area (Å²) < 4.78 is 0. The van der Waals surface area contributed by atoms with Gasteiger partial charge in [-0.3, -0.25) is 4.79 Å². The van der Waals surface area contributed by atoms with Crippen molar-refractivity contribution in [3.8, 4) is 0 Å². The van der Waals surface area contributed by atoms with Gasteiger partial charge in [-0.15, -0.1) is 6.58 Å². The molecule has 0 spiro atoms. The van der Waals surface area contributed by atoms with Crippen molar-refractivity contribution >= 4 is 29.0 Å². The summed E-state index contributed by atoms with van der Waals surface area (Å²) in [6, 6.07) is 4.82. The van der Waals surface area contributed by atoms with E-state index in [0.717, 1.165) is 0 Å². The lowest BCUT2D eigenvalue weighted by molar-refractivity contribution is 0.0886. The Kier molecular flexibility index (Phi) is 3.58. The van der Waals surface area contributed by atoms with Crippen molar-refractivity contribution in [3.05, 3.63) is 46.5 Å². The SMILES string of the molecule is C=CC(C)(C)C(=O)c1cc(Cl)cc(Cl)c1. The summed E-state index contributed by atoms with van der Waals surface area (Å²) in [6.45, 7) is 7.24. The fourth-order valence-corrected chi connectivity index (χ4v) is 1.68. The number of allylic oxidation sites excluding steroid dienone is 1. The zero-order chi connectivity index (χ0) is 11.6. The molecule has 0 aliphatic heterocycles. The van der Waals surface area contributed by atoms with Crippen molar-refractivity contribution in [2.75, 3.05) is 0 Å². The van der Waals surface area contributed by atoms with Crippen molar-refractivity contribution in [1.29, 1.82) is 0 Å². The molecule has 80 valence electrons. The third-order valence-electron chi connectivity index (χ3n) is 2.22. The number of carbonyl (C=O) groups is 1. The van der Waals surface area contributed by atoms with Crippen LogP contribution in [0.15, 0.2) is 30.9 Å². The number of rotatable bonds is 3. The first-order chi connectivity index (χ1) is 6.86. The van der Waals surface area contributed by atoms with Crippen LogP contribution in [0.5, 0.6) is 0 Å². The van der Waals surface area contributed by atoms with Gasteiger partial charge in [0.1, 0.15) is 0 Å². The van der Waals surface area contributed by atoms with E-state index in [1.165, 1.54) is 0 Å². The second-order valence-corrected chi connectivity index (χ2v) is 4.79. The Labute approximate surface area is 99.7 Å². The van der Waals surface area contributed by atoms with E-state index >= 15 is 0 Å². The van der Waals surface area contributed by atoms with Crippen LogP contribution in [-0.4, -0.2) is 5.78 Å². The zero-order valence-electron chi connectivity index (χ0n) is 8.68. The fraction of sp³-hybridized carbons (Fsp3) is 0.250. The Hall–Kier alpha value is -0.790. The number of Topliss-reactive ketones (excluding diaryl/α,β-unsaturated/α-hetero) is 1. The van der Waals surface area contributed by atoms with Crippen molar-refractivity contribution < 1.29 is 4.79 Å². The zero-order valence-corrected chi connectivity index (χ0v) is 10.2. The highest BCUT2D eigenvalue weighted by Crippen LogP contribution is 2.26. The van der Waals surface area contributed by atoms with Crippen LogP contribution in [0.3, 0.4) is 0 Å². The lowest BCUT2D eigenvalue weighted by Gasteiger charge is -2.18. The first-order valence-electron chi connectivity index (χ1n) is 4.51. The molecule has 3 heteroatoms. The lowest BCUT2D eigenvalue weighted by atomic mass is 9.84. The molecule has 0 fully saturated rings. The molecule has 0 aliphatic rings. The van der Waals surface area contributed by atoms with Gasteiger partial charge in [-0.25, -0.2) is 0 Å². The molecule has 15 heavy (non-hydrogen) atoms. The summed E-state index contributed by atoms with van der Waals surface area (Å²) in [5.74, 6) is -0.0399. The average molecular weight is 243 g/mol. The van der Waals surface area contributed by atoms with Crippen LogP contribution in [0.25, 0.3) is 0 Å². The number of carbonyl (C=O) groups excluding carboxylic acids is 1. The van der Waals surface area contributed by atoms with E-state index < -0.39 is 5.41 Å². The average Bonchev–Trinajstić information content (AvgIpc) is 2.15. The normalized spacial score (nSPS) is 11.2. The van der Waals surface area contributed by atoms with Crippen molar-refractivity contribution in [2.24, 2.45) is 5.41 Å². The van der Waals surface area contributed by atoms with E-state index in [4.69, 9.17) is 23.2 Å². The van der Waals surface area contributed by atoms with E-state index in [1.54, 1.807) is 38.1 Å². The van der Waals surface area contributed by atoms with Crippen molar-refractivity contribution in [1.82, 2.24) is 0 Å². The van der Waals surface area contributed by atoms with E-state index in [-0.39, 0.29) is 5.78 Å². The molecule has 1 aromatic rings. The third kappa shape index (κ3) is 2.83. The predicted octanol–water partition coefficient (Wildman–Crippen LogP) is 4.39. The third-order valence-corrected chi connectivity index (χ3v) is 2.66. The Balaban J connectivity index is 3.17. The van der Waals surface area contributed by atoms with E-state index in [9.17, 15) is 4.79 Å². The fourth-order valence-electron chi connectivity index (χ4n) is 1.15. The van der Waals surface area contributed by atoms with Gasteiger partial charge in [0.15, 0.2) is 5.78 Å². The minimum Gasteiger partial charge on any atom is -0.293 e. The maximum Gasteiger partial charge on any atom is 0.172 e. The van der Waals surface area contributed by atoms with Gasteiger partial charge in [0.25, 0.3) is 0 Å². The van der Waals surface area contributed by atoms with Crippen LogP contribution in [0, 0.1) is 5.41 Å². The second-order valence-electron chi connectivity index (χ2n) is 3.91.